The number of amides is 1. The molecular weight excluding hydrogens is 264 g/mol. The monoisotopic (exact) mass is 290 g/mol. The number of carbonyl (C=O) groups excluding carboxylic acids is 1. The Morgan fingerprint density at radius 1 is 1.19 bits per heavy atom. The van der Waals surface area contributed by atoms with Crippen molar-refractivity contribution in [1.29, 1.82) is 0 Å². The number of ether oxygens (including phenoxy) is 1. The Hall–Kier alpha value is -1.55. The maximum atomic E-state index is 12.0. The average molecular weight is 290 g/mol. The van der Waals surface area contributed by atoms with E-state index >= 15 is 0 Å². The molecule has 0 unspecified atom stereocenters. The molecule has 2 rings (SSSR count). The second kappa shape index (κ2) is 8.03. The van der Waals surface area contributed by atoms with E-state index in [0.717, 1.165) is 18.4 Å². The molecule has 2 atom stereocenters. The van der Waals surface area contributed by atoms with Gasteiger partial charge < -0.3 is 15.4 Å². The summed E-state index contributed by atoms with van der Waals surface area (Å²) in [5.74, 6) is 0. The number of hydrogen-bond acceptors (Lipinski definition) is 3. The fourth-order valence-corrected chi connectivity index (χ4v) is 2.85. The highest BCUT2D eigenvalue weighted by molar-refractivity contribution is 5.67. The van der Waals surface area contributed by atoms with E-state index in [2.05, 4.69) is 24.5 Å². The predicted molar refractivity (Wildman–Crippen MR) is 84.1 cm³/mol. The van der Waals surface area contributed by atoms with E-state index in [1.165, 1.54) is 12.8 Å². The third-order valence-corrected chi connectivity index (χ3v) is 3.83. The molecule has 1 aliphatic rings. The van der Waals surface area contributed by atoms with Gasteiger partial charge in [0.25, 0.3) is 0 Å². The normalized spacial score (nSPS) is 22.0. The van der Waals surface area contributed by atoms with Crippen LogP contribution < -0.4 is 10.6 Å². The topological polar surface area (TPSA) is 50.4 Å². The van der Waals surface area contributed by atoms with Gasteiger partial charge in [0.15, 0.2) is 0 Å². The van der Waals surface area contributed by atoms with Crippen molar-refractivity contribution in [2.45, 2.75) is 64.3 Å². The molecule has 1 saturated carbocycles. The fourth-order valence-electron chi connectivity index (χ4n) is 2.85. The van der Waals surface area contributed by atoms with Crippen molar-refractivity contribution in [2.75, 3.05) is 0 Å². The Kier molecular flexibility index (Phi) is 6.05. The van der Waals surface area contributed by atoms with E-state index in [1.54, 1.807) is 0 Å². The molecule has 1 amide bonds. The summed E-state index contributed by atoms with van der Waals surface area (Å²) in [6.07, 6.45) is 4.20. The maximum Gasteiger partial charge on any atom is 0.407 e. The lowest BCUT2D eigenvalue weighted by atomic mass is 9.90. The molecule has 0 bridgehead atoms. The SMILES string of the molecule is CC(C)N[C@@H]1CCCC[C@H]1NC(=O)OCc1ccccc1. The summed E-state index contributed by atoms with van der Waals surface area (Å²) in [6.45, 7) is 4.60. The fraction of sp³-hybridized carbons (Fsp3) is 0.588. The highest BCUT2D eigenvalue weighted by Crippen LogP contribution is 2.19. The van der Waals surface area contributed by atoms with Gasteiger partial charge in [-0.25, -0.2) is 4.79 Å². The second-order valence-corrected chi connectivity index (χ2v) is 6.02. The lowest BCUT2D eigenvalue weighted by molar-refractivity contribution is 0.128. The van der Waals surface area contributed by atoms with Crippen molar-refractivity contribution >= 4 is 6.09 Å². The van der Waals surface area contributed by atoms with Crippen molar-refractivity contribution < 1.29 is 9.53 Å². The van der Waals surface area contributed by atoms with Crippen molar-refractivity contribution in [3.63, 3.8) is 0 Å². The van der Waals surface area contributed by atoms with Crippen molar-refractivity contribution in [2.24, 2.45) is 0 Å². The molecule has 2 N–H and O–H groups in total. The number of carbonyl (C=O) groups is 1. The minimum absolute atomic E-state index is 0.171. The van der Waals surface area contributed by atoms with Gasteiger partial charge in [0.1, 0.15) is 6.61 Å². The minimum Gasteiger partial charge on any atom is -0.445 e. The Morgan fingerprint density at radius 3 is 2.52 bits per heavy atom. The molecule has 0 heterocycles. The Balaban J connectivity index is 1.80. The standard InChI is InChI=1S/C17H26N2O2/c1-13(2)18-15-10-6-7-11-16(15)19-17(20)21-12-14-8-4-3-5-9-14/h3-5,8-9,13,15-16,18H,6-7,10-12H2,1-2H3,(H,19,20)/t15-,16-/m1/s1. The summed E-state index contributed by atoms with van der Waals surface area (Å²) in [5, 5.41) is 6.56. The summed E-state index contributed by atoms with van der Waals surface area (Å²) in [5.41, 5.74) is 1.01. The van der Waals surface area contributed by atoms with E-state index in [-0.39, 0.29) is 12.1 Å². The van der Waals surface area contributed by atoms with Gasteiger partial charge in [0.05, 0.1) is 0 Å². The van der Waals surface area contributed by atoms with Gasteiger partial charge in [-0.1, -0.05) is 57.0 Å². The molecule has 4 heteroatoms. The highest BCUT2D eigenvalue weighted by atomic mass is 16.5. The summed E-state index contributed by atoms with van der Waals surface area (Å²) < 4.78 is 5.31. The first-order valence-corrected chi connectivity index (χ1v) is 7.88. The zero-order chi connectivity index (χ0) is 15.1. The number of benzene rings is 1. The quantitative estimate of drug-likeness (QED) is 0.875. The van der Waals surface area contributed by atoms with E-state index in [9.17, 15) is 4.79 Å². The third-order valence-electron chi connectivity index (χ3n) is 3.83. The van der Waals surface area contributed by atoms with Crippen LogP contribution in [0.4, 0.5) is 4.79 Å². The maximum absolute atomic E-state index is 12.0. The van der Waals surface area contributed by atoms with Crippen LogP contribution in [-0.2, 0) is 11.3 Å². The summed E-state index contributed by atoms with van der Waals surface area (Å²) in [4.78, 5) is 12.0. The molecule has 0 aromatic heterocycles. The van der Waals surface area contributed by atoms with Crippen LogP contribution in [0.5, 0.6) is 0 Å². The van der Waals surface area contributed by atoms with Crippen LogP contribution in [-0.4, -0.2) is 24.2 Å². The van der Waals surface area contributed by atoms with Gasteiger partial charge in [-0.05, 0) is 18.4 Å². The Morgan fingerprint density at radius 2 is 1.86 bits per heavy atom. The molecule has 4 nitrogen and oxygen atoms in total. The van der Waals surface area contributed by atoms with E-state index < -0.39 is 0 Å². The molecule has 0 spiro atoms. The number of alkyl carbamates (subject to hydrolysis) is 1. The number of rotatable bonds is 5. The Bertz CT molecular complexity index is 434. The summed E-state index contributed by atoms with van der Waals surface area (Å²) in [6, 6.07) is 10.7. The molecule has 1 fully saturated rings. The van der Waals surface area contributed by atoms with Crippen LogP contribution in [0.2, 0.25) is 0 Å². The molecular formula is C17H26N2O2. The lowest BCUT2D eigenvalue weighted by Crippen LogP contribution is -2.53. The van der Waals surface area contributed by atoms with Crippen molar-refractivity contribution in [3.05, 3.63) is 35.9 Å². The first-order chi connectivity index (χ1) is 10.1. The van der Waals surface area contributed by atoms with Gasteiger partial charge in [-0.15, -0.1) is 0 Å². The van der Waals surface area contributed by atoms with E-state index in [1.807, 2.05) is 30.3 Å². The van der Waals surface area contributed by atoms with Crippen LogP contribution in [0, 0.1) is 0 Å². The average Bonchev–Trinajstić information content (AvgIpc) is 2.48. The van der Waals surface area contributed by atoms with Gasteiger partial charge in [-0.3, -0.25) is 0 Å². The van der Waals surface area contributed by atoms with Crippen LogP contribution >= 0.6 is 0 Å². The summed E-state index contributed by atoms with van der Waals surface area (Å²) >= 11 is 0. The van der Waals surface area contributed by atoms with Crippen LogP contribution in [0.15, 0.2) is 30.3 Å². The number of hydrogen-bond donors (Lipinski definition) is 2. The first-order valence-electron chi connectivity index (χ1n) is 7.88. The van der Waals surface area contributed by atoms with Gasteiger partial charge in [-0.2, -0.15) is 0 Å². The summed E-state index contributed by atoms with van der Waals surface area (Å²) in [7, 11) is 0. The molecule has 116 valence electrons. The largest absolute Gasteiger partial charge is 0.445 e. The van der Waals surface area contributed by atoms with Crippen LogP contribution in [0.25, 0.3) is 0 Å². The second-order valence-electron chi connectivity index (χ2n) is 6.02. The van der Waals surface area contributed by atoms with E-state index in [0.29, 0.717) is 18.7 Å². The van der Waals surface area contributed by atoms with Gasteiger partial charge in [0, 0.05) is 18.1 Å². The van der Waals surface area contributed by atoms with Crippen molar-refractivity contribution in [1.82, 2.24) is 10.6 Å². The molecule has 1 aliphatic carbocycles. The molecule has 21 heavy (non-hydrogen) atoms. The van der Waals surface area contributed by atoms with Crippen LogP contribution in [0.1, 0.15) is 45.1 Å². The van der Waals surface area contributed by atoms with E-state index in [4.69, 9.17) is 4.74 Å². The minimum atomic E-state index is -0.318. The first kappa shape index (κ1) is 15.8. The number of nitrogens with one attached hydrogen (secondary N) is 2. The van der Waals surface area contributed by atoms with Gasteiger partial charge in [0.2, 0.25) is 0 Å². The zero-order valence-electron chi connectivity index (χ0n) is 13.0. The highest BCUT2D eigenvalue weighted by Gasteiger charge is 2.27. The Labute approximate surface area is 127 Å². The van der Waals surface area contributed by atoms with Gasteiger partial charge >= 0.3 is 6.09 Å². The van der Waals surface area contributed by atoms with Crippen LogP contribution in [0.3, 0.4) is 0 Å². The molecule has 0 saturated heterocycles. The molecule has 1 aromatic rings. The molecule has 1 aromatic carbocycles. The molecule has 0 radical (unpaired) electrons. The van der Waals surface area contributed by atoms with Crippen molar-refractivity contribution in [3.8, 4) is 0 Å². The predicted octanol–water partition coefficient (Wildman–Crippen LogP) is 3.22. The molecule has 0 aliphatic heterocycles. The zero-order valence-corrected chi connectivity index (χ0v) is 13.0. The third kappa shape index (κ3) is 5.38. The smallest absolute Gasteiger partial charge is 0.407 e. The lowest BCUT2D eigenvalue weighted by Gasteiger charge is -2.33.